The van der Waals surface area contributed by atoms with Crippen molar-refractivity contribution < 1.29 is 0 Å². The lowest BCUT2D eigenvalue weighted by atomic mass is 9.81. The molecule has 0 bridgehead atoms. The van der Waals surface area contributed by atoms with Crippen LogP contribution in [0.25, 0.3) is 109 Å². The third kappa shape index (κ3) is 4.65. The van der Waals surface area contributed by atoms with Crippen LogP contribution in [0.2, 0.25) is 0 Å². The van der Waals surface area contributed by atoms with Gasteiger partial charge >= 0.3 is 0 Å². The molecule has 2 aliphatic rings. The van der Waals surface area contributed by atoms with E-state index in [1.807, 2.05) is 11.3 Å². The van der Waals surface area contributed by atoms with Crippen molar-refractivity contribution >= 4 is 76.0 Å². The van der Waals surface area contributed by atoms with Crippen LogP contribution in [0.1, 0.15) is 37.8 Å². The molecule has 56 heavy (non-hydrogen) atoms. The smallest absolute Gasteiger partial charge is 0.0361 e. The van der Waals surface area contributed by atoms with E-state index in [9.17, 15) is 0 Å². The highest BCUT2D eigenvalue weighted by Gasteiger charge is 2.36. The second kappa shape index (κ2) is 11.9. The van der Waals surface area contributed by atoms with Gasteiger partial charge in [-0.25, -0.2) is 0 Å². The summed E-state index contributed by atoms with van der Waals surface area (Å²) < 4.78 is 2.71. The summed E-state index contributed by atoms with van der Waals surface area (Å²) in [7, 11) is 0. The molecule has 0 fully saturated rings. The highest BCUT2D eigenvalue weighted by molar-refractivity contribution is 7.25. The van der Waals surface area contributed by atoms with Gasteiger partial charge in [-0.3, -0.25) is 0 Å². The first-order chi connectivity index (χ1) is 27.5. The second-order valence-corrected chi connectivity index (χ2v) is 17.4. The van der Waals surface area contributed by atoms with Gasteiger partial charge in [-0.1, -0.05) is 141 Å². The molecule has 0 saturated carbocycles. The zero-order valence-electron chi connectivity index (χ0n) is 31.5. The Kier molecular flexibility index (Phi) is 6.78. The molecule has 1 heterocycles. The van der Waals surface area contributed by atoms with Crippen molar-refractivity contribution in [1.29, 1.82) is 0 Å². The maximum Gasteiger partial charge on any atom is 0.0361 e. The predicted octanol–water partition coefficient (Wildman–Crippen LogP) is 14.2. The standard InChI is InChI=1S/C55H38S/c1-55(2)49-26-25-37(28-46(49)47-29-40-32-52-48(30-39(40)31-50(47)55)41-13-9-10-18-51(41)56-52)34-19-22-35(23-20-34)53-42-14-5-7-16-44(42)54(45-17-8-6-15-43(45)53)38-24-21-33-11-3-4-12-36(33)27-38/h3-5,7,9-32H,6,8H2,1-2H3. The average molecular weight is 731 g/mol. The van der Waals surface area contributed by atoms with Gasteiger partial charge in [-0.2, -0.15) is 0 Å². The highest BCUT2D eigenvalue weighted by Crippen LogP contribution is 2.51. The minimum atomic E-state index is -0.0698. The van der Waals surface area contributed by atoms with E-state index in [1.165, 1.54) is 119 Å². The Balaban J connectivity index is 0.973. The van der Waals surface area contributed by atoms with E-state index in [0.29, 0.717) is 0 Å². The molecule has 0 saturated heterocycles. The highest BCUT2D eigenvalue weighted by atomic mass is 32.1. The normalized spacial score (nSPS) is 14.2. The average Bonchev–Trinajstić information content (AvgIpc) is 3.71. The number of benzene rings is 9. The van der Waals surface area contributed by atoms with E-state index in [0.717, 1.165) is 12.8 Å². The first-order valence-corrected chi connectivity index (χ1v) is 20.7. The first-order valence-electron chi connectivity index (χ1n) is 19.9. The maximum atomic E-state index is 2.48. The third-order valence-corrected chi connectivity index (χ3v) is 14.0. The Hall–Kier alpha value is -6.28. The molecule has 0 amide bonds. The molecule has 1 heteroatoms. The van der Waals surface area contributed by atoms with Gasteiger partial charge in [0, 0.05) is 25.6 Å². The minimum absolute atomic E-state index is 0.0698. The summed E-state index contributed by atoms with van der Waals surface area (Å²) in [4.78, 5) is 0. The minimum Gasteiger partial charge on any atom is -0.135 e. The molecule has 2 aliphatic carbocycles. The van der Waals surface area contributed by atoms with Gasteiger partial charge in [-0.05, 0) is 154 Å². The van der Waals surface area contributed by atoms with Crippen LogP contribution >= 0.6 is 11.3 Å². The Morgan fingerprint density at radius 3 is 1.79 bits per heavy atom. The van der Waals surface area contributed by atoms with Crippen molar-refractivity contribution in [2.75, 3.05) is 0 Å². The van der Waals surface area contributed by atoms with Gasteiger partial charge in [0.1, 0.15) is 0 Å². The van der Waals surface area contributed by atoms with Gasteiger partial charge in [0.05, 0.1) is 0 Å². The fourth-order valence-electron chi connectivity index (χ4n) is 10.1. The maximum absolute atomic E-state index is 2.48. The summed E-state index contributed by atoms with van der Waals surface area (Å²) in [6, 6.07) is 59.8. The van der Waals surface area contributed by atoms with E-state index in [4.69, 9.17) is 0 Å². The van der Waals surface area contributed by atoms with Crippen molar-refractivity contribution in [3.05, 3.63) is 179 Å². The summed E-state index contributed by atoms with van der Waals surface area (Å²) in [6.45, 7) is 4.78. The van der Waals surface area contributed by atoms with Gasteiger partial charge in [-0.15, -0.1) is 11.3 Å². The second-order valence-electron chi connectivity index (χ2n) is 16.3. The van der Waals surface area contributed by atoms with Crippen molar-refractivity contribution in [3.8, 4) is 44.5 Å². The molecule has 12 rings (SSSR count). The topological polar surface area (TPSA) is 0 Å². The number of hydrogen-bond acceptors (Lipinski definition) is 1. The largest absolute Gasteiger partial charge is 0.135 e. The molecule has 0 aliphatic heterocycles. The third-order valence-electron chi connectivity index (χ3n) is 12.8. The lowest BCUT2D eigenvalue weighted by Crippen LogP contribution is -2.31. The van der Waals surface area contributed by atoms with Crippen LogP contribution in [-0.2, 0) is 5.41 Å². The summed E-state index contributed by atoms with van der Waals surface area (Å²) in [6.07, 6.45) is 7.08. The molecule has 0 atom stereocenters. The van der Waals surface area contributed by atoms with Gasteiger partial charge in [0.2, 0.25) is 0 Å². The van der Waals surface area contributed by atoms with Crippen molar-refractivity contribution in [3.63, 3.8) is 0 Å². The van der Waals surface area contributed by atoms with Crippen LogP contribution in [0.4, 0.5) is 0 Å². The number of fused-ring (bicyclic) bond motifs is 10. The van der Waals surface area contributed by atoms with Crippen LogP contribution in [0.3, 0.4) is 0 Å². The molecule has 0 radical (unpaired) electrons. The Morgan fingerprint density at radius 2 is 1.00 bits per heavy atom. The Morgan fingerprint density at radius 1 is 0.393 bits per heavy atom. The van der Waals surface area contributed by atoms with Crippen LogP contribution in [0, 0.1) is 0 Å². The van der Waals surface area contributed by atoms with E-state index in [2.05, 4.69) is 184 Å². The van der Waals surface area contributed by atoms with Crippen molar-refractivity contribution in [1.82, 2.24) is 0 Å². The van der Waals surface area contributed by atoms with Gasteiger partial charge in [0.15, 0.2) is 0 Å². The van der Waals surface area contributed by atoms with Crippen LogP contribution in [0.15, 0.2) is 158 Å². The van der Waals surface area contributed by atoms with Crippen LogP contribution in [0.5, 0.6) is 0 Å². The number of thiophene rings is 1. The summed E-state index contributed by atoms with van der Waals surface area (Å²) in [5.74, 6) is 0. The monoisotopic (exact) mass is 730 g/mol. The first kappa shape index (κ1) is 32.0. The van der Waals surface area contributed by atoms with E-state index < -0.39 is 0 Å². The molecular formula is C55H38S. The summed E-state index contributed by atoms with van der Waals surface area (Å²) in [5.41, 5.74) is 13.2. The quantitative estimate of drug-likeness (QED) is 0.170. The summed E-state index contributed by atoms with van der Waals surface area (Å²) >= 11 is 1.90. The van der Waals surface area contributed by atoms with E-state index >= 15 is 0 Å². The zero-order chi connectivity index (χ0) is 37.1. The van der Waals surface area contributed by atoms with Crippen molar-refractivity contribution in [2.24, 2.45) is 0 Å². The fraction of sp³-hybridized carbons (Fsp3) is 0.0909. The van der Waals surface area contributed by atoms with Crippen molar-refractivity contribution in [2.45, 2.75) is 32.1 Å². The Bertz CT molecular complexity index is 3430. The lowest BCUT2D eigenvalue weighted by Gasteiger charge is -2.22. The van der Waals surface area contributed by atoms with E-state index in [1.54, 1.807) is 0 Å². The lowest BCUT2D eigenvalue weighted by molar-refractivity contribution is 0.661. The van der Waals surface area contributed by atoms with Gasteiger partial charge < -0.3 is 0 Å². The molecule has 0 unspecified atom stereocenters. The summed E-state index contributed by atoms with van der Waals surface area (Å²) in [5, 5.41) is 13.3. The predicted molar refractivity (Wildman–Crippen MR) is 243 cm³/mol. The molecule has 10 aromatic rings. The fourth-order valence-corrected chi connectivity index (χ4v) is 11.2. The number of hydrogen-bond donors (Lipinski definition) is 0. The van der Waals surface area contributed by atoms with Crippen LogP contribution < -0.4 is 10.4 Å². The molecule has 264 valence electrons. The van der Waals surface area contributed by atoms with Crippen LogP contribution in [-0.4, -0.2) is 0 Å². The molecular weight excluding hydrogens is 693 g/mol. The van der Waals surface area contributed by atoms with Gasteiger partial charge in [0.25, 0.3) is 0 Å². The molecule has 0 N–H and O–H groups in total. The molecule has 9 aromatic carbocycles. The SMILES string of the molecule is CC1(C)c2ccc(-c3ccc(-c4c5c(c(-c6ccc7ccccc7c6)c6ccccc46)=CCCC=5)cc3)cc2-c2cc3cc4sc5ccccc5c4cc3cc21. The molecule has 0 nitrogen and oxygen atoms in total. The molecule has 1 aromatic heterocycles. The molecule has 0 spiro atoms. The van der Waals surface area contributed by atoms with E-state index in [-0.39, 0.29) is 5.41 Å². The zero-order valence-corrected chi connectivity index (χ0v) is 32.3. The number of rotatable bonds is 3. The Labute approximate surface area is 330 Å².